The van der Waals surface area contributed by atoms with Crippen LogP contribution in [0.3, 0.4) is 0 Å². The van der Waals surface area contributed by atoms with Crippen LogP contribution in [0.15, 0.2) is 12.1 Å². The van der Waals surface area contributed by atoms with E-state index in [1.165, 1.54) is 0 Å². The zero-order chi connectivity index (χ0) is 15.6. The van der Waals surface area contributed by atoms with Crippen LogP contribution in [-0.4, -0.2) is 42.5 Å². The zero-order valence-corrected chi connectivity index (χ0v) is 12.2. The predicted molar refractivity (Wildman–Crippen MR) is 76.5 cm³/mol. The standard InChI is InChI=1S/C14H19F2N3O2/c1-10(2)9-17-3-5-18(6-4-17)14-12(15)7-11(19(20)21)8-13(14)16/h7-8,10H,3-6,9H2,1-2H3. The van der Waals surface area contributed by atoms with Crippen molar-refractivity contribution in [3.05, 3.63) is 33.9 Å². The summed E-state index contributed by atoms with van der Waals surface area (Å²) in [6.45, 7) is 7.70. The monoisotopic (exact) mass is 299 g/mol. The molecule has 0 atom stereocenters. The van der Waals surface area contributed by atoms with E-state index >= 15 is 0 Å². The minimum absolute atomic E-state index is 0.162. The van der Waals surface area contributed by atoms with Crippen LogP contribution >= 0.6 is 0 Å². The number of nitrogens with zero attached hydrogens (tertiary/aromatic N) is 3. The van der Waals surface area contributed by atoms with Gasteiger partial charge in [-0.15, -0.1) is 0 Å². The molecular weight excluding hydrogens is 280 g/mol. The van der Waals surface area contributed by atoms with Gasteiger partial charge in [0.15, 0.2) is 11.6 Å². The molecule has 116 valence electrons. The molecule has 5 nitrogen and oxygen atoms in total. The second kappa shape index (κ2) is 6.34. The van der Waals surface area contributed by atoms with E-state index in [1.807, 2.05) is 0 Å². The third kappa shape index (κ3) is 3.66. The average Bonchev–Trinajstić information content (AvgIpc) is 2.39. The molecule has 1 saturated heterocycles. The van der Waals surface area contributed by atoms with E-state index in [0.717, 1.165) is 31.8 Å². The van der Waals surface area contributed by atoms with Gasteiger partial charge in [0, 0.05) is 32.7 Å². The molecule has 0 unspecified atom stereocenters. The van der Waals surface area contributed by atoms with Crippen LogP contribution in [0.1, 0.15) is 13.8 Å². The van der Waals surface area contributed by atoms with Crippen LogP contribution < -0.4 is 4.90 Å². The number of rotatable bonds is 4. The van der Waals surface area contributed by atoms with Crippen LogP contribution in [-0.2, 0) is 0 Å². The van der Waals surface area contributed by atoms with Gasteiger partial charge in [-0.05, 0) is 5.92 Å². The molecule has 0 aromatic heterocycles. The highest BCUT2D eigenvalue weighted by atomic mass is 19.1. The number of nitro benzene ring substituents is 1. The van der Waals surface area contributed by atoms with Crippen molar-refractivity contribution in [3.8, 4) is 0 Å². The fourth-order valence-electron chi connectivity index (χ4n) is 2.63. The van der Waals surface area contributed by atoms with Gasteiger partial charge in [-0.1, -0.05) is 13.8 Å². The normalized spacial score (nSPS) is 16.5. The van der Waals surface area contributed by atoms with Crippen molar-refractivity contribution in [3.63, 3.8) is 0 Å². The smallest absolute Gasteiger partial charge is 0.275 e. The highest BCUT2D eigenvalue weighted by molar-refractivity contribution is 5.54. The summed E-state index contributed by atoms with van der Waals surface area (Å²) >= 11 is 0. The van der Waals surface area contributed by atoms with E-state index in [9.17, 15) is 18.9 Å². The molecular formula is C14H19F2N3O2. The van der Waals surface area contributed by atoms with Crippen molar-refractivity contribution in [2.75, 3.05) is 37.6 Å². The first-order valence-electron chi connectivity index (χ1n) is 6.99. The molecule has 1 heterocycles. The summed E-state index contributed by atoms with van der Waals surface area (Å²) in [7, 11) is 0. The van der Waals surface area contributed by atoms with Gasteiger partial charge in [0.05, 0.1) is 17.1 Å². The number of halogens is 2. The lowest BCUT2D eigenvalue weighted by molar-refractivity contribution is -0.385. The second-order valence-corrected chi connectivity index (χ2v) is 5.70. The van der Waals surface area contributed by atoms with Crippen molar-refractivity contribution < 1.29 is 13.7 Å². The highest BCUT2D eigenvalue weighted by Gasteiger charge is 2.25. The largest absolute Gasteiger partial charge is 0.364 e. The maximum Gasteiger partial charge on any atom is 0.275 e. The Hall–Kier alpha value is -1.76. The minimum atomic E-state index is -0.876. The lowest BCUT2D eigenvalue weighted by atomic mass is 10.1. The van der Waals surface area contributed by atoms with E-state index < -0.39 is 22.2 Å². The molecule has 1 fully saturated rings. The lowest BCUT2D eigenvalue weighted by Gasteiger charge is -2.36. The third-order valence-corrected chi connectivity index (χ3v) is 3.52. The van der Waals surface area contributed by atoms with Gasteiger partial charge in [-0.25, -0.2) is 8.78 Å². The first-order valence-corrected chi connectivity index (χ1v) is 6.99. The van der Waals surface area contributed by atoms with Crippen molar-refractivity contribution in [2.24, 2.45) is 5.92 Å². The zero-order valence-electron chi connectivity index (χ0n) is 12.2. The van der Waals surface area contributed by atoms with E-state index in [2.05, 4.69) is 18.7 Å². The van der Waals surface area contributed by atoms with Crippen LogP contribution in [0.4, 0.5) is 20.2 Å². The maximum atomic E-state index is 14.0. The summed E-state index contributed by atoms with van der Waals surface area (Å²) in [5, 5.41) is 10.6. The van der Waals surface area contributed by atoms with Gasteiger partial charge in [0.1, 0.15) is 5.69 Å². The lowest BCUT2D eigenvalue weighted by Crippen LogP contribution is -2.48. The summed E-state index contributed by atoms with van der Waals surface area (Å²) in [4.78, 5) is 13.7. The number of non-ortho nitro benzene ring substituents is 1. The molecule has 0 N–H and O–H groups in total. The van der Waals surface area contributed by atoms with E-state index in [0.29, 0.717) is 19.0 Å². The Labute approximate surface area is 122 Å². The molecule has 0 radical (unpaired) electrons. The van der Waals surface area contributed by atoms with Crippen molar-refractivity contribution in [1.82, 2.24) is 4.90 Å². The molecule has 1 aromatic rings. The number of piperazine rings is 1. The van der Waals surface area contributed by atoms with Gasteiger partial charge in [0.25, 0.3) is 5.69 Å². The van der Waals surface area contributed by atoms with Gasteiger partial charge < -0.3 is 4.90 Å². The summed E-state index contributed by atoms with van der Waals surface area (Å²) in [5.41, 5.74) is -0.725. The van der Waals surface area contributed by atoms with Gasteiger partial charge in [0.2, 0.25) is 0 Å². The van der Waals surface area contributed by atoms with Crippen LogP contribution in [0.25, 0.3) is 0 Å². The van der Waals surface area contributed by atoms with Crippen molar-refractivity contribution >= 4 is 11.4 Å². The molecule has 2 rings (SSSR count). The summed E-state index contributed by atoms with van der Waals surface area (Å²) in [6.07, 6.45) is 0. The number of benzene rings is 1. The Balaban J connectivity index is 2.12. The number of nitro groups is 1. The molecule has 1 aliphatic rings. The van der Waals surface area contributed by atoms with Gasteiger partial charge in [-0.2, -0.15) is 0 Å². The average molecular weight is 299 g/mol. The van der Waals surface area contributed by atoms with Crippen LogP contribution in [0, 0.1) is 27.7 Å². The summed E-state index contributed by atoms with van der Waals surface area (Å²) in [6, 6.07) is 1.55. The fourth-order valence-corrected chi connectivity index (χ4v) is 2.63. The number of hydrogen-bond acceptors (Lipinski definition) is 4. The Bertz CT molecular complexity index is 506. The third-order valence-electron chi connectivity index (χ3n) is 3.52. The van der Waals surface area contributed by atoms with Gasteiger partial charge in [-0.3, -0.25) is 15.0 Å². The van der Waals surface area contributed by atoms with E-state index in [1.54, 1.807) is 4.90 Å². The van der Waals surface area contributed by atoms with E-state index in [-0.39, 0.29) is 5.69 Å². The molecule has 1 aromatic carbocycles. The maximum absolute atomic E-state index is 14.0. The second-order valence-electron chi connectivity index (χ2n) is 5.70. The van der Waals surface area contributed by atoms with Crippen LogP contribution in [0.2, 0.25) is 0 Å². The quantitative estimate of drug-likeness (QED) is 0.633. The SMILES string of the molecule is CC(C)CN1CCN(c2c(F)cc([N+](=O)[O-])cc2F)CC1. The molecule has 7 heteroatoms. The summed E-state index contributed by atoms with van der Waals surface area (Å²) < 4.78 is 27.9. The van der Waals surface area contributed by atoms with Crippen molar-refractivity contribution in [2.45, 2.75) is 13.8 Å². The minimum Gasteiger partial charge on any atom is -0.364 e. The first kappa shape index (κ1) is 15.6. The topological polar surface area (TPSA) is 49.6 Å². The van der Waals surface area contributed by atoms with Crippen molar-refractivity contribution in [1.29, 1.82) is 0 Å². The molecule has 21 heavy (non-hydrogen) atoms. The number of anilines is 1. The Morgan fingerprint density at radius 3 is 2.14 bits per heavy atom. The summed E-state index contributed by atoms with van der Waals surface area (Å²) in [5.74, 6) is -1.21. The molecule has 0 aliphatic carbocycles. The van der Waals surface area contributed by atoms with E-state index in [4.69, 9.17) is 0 Å². The van der Waals surface area contributed by atoms with Gasteiger partial charge >= 0.3 is 0 Å². The molecule has 0 amide bonds. The van der Waals surface area contributed by atoms with Crippen LogP contribution in [0.5, 0.6) is 0 Å². The fraction of sp³-hybridized carbons (Fsp3) is 0.571. The molecule has 0 saturated carbocycles. The Kier molecular flexibility index (Phi) is 4.72. The Morgan fingerprint density at radius 2 is 1.71 bits per heavy atom. The number of hydrogen-bond donors (Lipinski definition) is 0. The highest BCUT2D eigenvalue weighted by Crippen LogP contribution is 2.28. The Morgan fingerprint density at radius 1 is 1.19 bits per heavy atom. The molecule has 1 aliphatic heterocycles. The first-order chi connectivity index (χ1) is 9.88. The predicted octanol–water partition coefficient (Wildman–Crippen LogP) is 2.65. The molecule has 0 bridgehead atoms. The molecule has 0 spiro atoms.